The molecular formula is C25H31F2N3O6S. The molecule has 2 heterocycles. The third-order valence-electron chi connectivity index (χ3n) is 6.43. The number of carboxylic acids is 1. The summed E-state index contributed by atoms with van der Waals surface area (Å²) in [5, 5.41) is 13.4. The van der Waals surface area contributed by atoms with E-state index in [0.717, 1.165) is 5.56 Å². The van der Waals surface area contributed by atoms with Gasteiger partial charge in [-0.2, -0.15) is 8.78 Å². The van der Waals surface area contributed by atoms with Crippen LogP contribution < -0.4 is 15.4 Å². The van der Waals surface area contributed by atoms with Crippen molar-refractivity contribution in [2.24, 2.45) is 5.41 Å². The number of hydrogen-bond acceptors (Lipinski definition) is 7. The molecule has 2 atom stereocenters. The van der Waals surface area contributed by atoms with E-state index in [2.05, 4.69) is 20.4 Å². The van der Waals surface area contributed by atoms with Crippen LogP contribution in [0.25, 0.3) is 0 Å². The monoisotopic (exact) mass is 539 g/mol. The van der Waals surface area contributed by atoms with E-state index < -0.39 is 56.2 Å². The predicted molar refractivity (Wildman–Crippen MR) is 133 cm³/mol. The zero-order valence-electron chi connectivity index (χ0n) is 21.2. The van der Waals surface area contributed by atoms with Gasteiger partial charge in [0.05, 0.1) is 11.2 Å². The molecule has 0 spiro atoms. The van der Waals surface area contributed by atoms with Crippen molar-refractivity contribution in [2.75, 3.05) is 17.6 Å². The molecule has 3 N–H and O–H groups in total. The number of carbonyl (C=O) groups excluding carboxylic acids is 1. The van der Waals surface area contributed by atoms with Crippen molar-refractivity contribution < 1.29 is 36.6 Å². The Labute approximate surface area is 214 Å². The van der Waals surface area contributed by atoms with E-state index in [-0.39, 0.29) is 18.2 Å². The minimum atomic E-state index is -4.22. The van der Waals surface area contributed by atoms with Gasteiger partial charge in [0.2, 0.25) is 11.8 Å². The van der Waals surface area contributed by atoms with Crippen LogP contribution in [0.5, 0.6) is 5.88 Å². The van der Waals surface area contributed by atoms with Crippen molar-refractivity contribution in [3.63, 3.8) is 0 Å². The standard InChI is InChI=1S/C25H31F2N3O6S/c1-14(2)16-8-6-7-9-17(16)25(12-28-21(25)37(34,35)13-24(4,5)22(32)33)20(31)30-18-11-10-15(3)29-19(18)36-23(26)27/h6-11,14,21,23,28H,12-13H2,1-5H3,(H,30,31)(H,32,33). The molecule has 0 saturated carbocycles. The number of nitrogens with one attached hydrogen (secondary N) is 2. The van der Waals surface area contributed by atoms with E-state index >= 15 is 0 Å². The Bertz CT molecular complexity index is 1300. The molecule has 3 rings (SSSR count). The Balaban J connectivity index is 2.15. The molecule has 0 radical (unpaired) electrons. The minimum absolute atomic E-state index is 0.0791. The lowest BCUT2D eigenvalue weighted by Gasteiger charge is -2.49. The maximum Gasteiger partial charge on any atom is 0.388 e. The molecule has 1 amide bonds. The summed E-state index contributed by atoms with van der Waals surface area (Å²) in [6.07, 6.45) is 0. The van der Waals surface area contributed by atoms with E-state index in [1.54, 1.807) is 31.2 Å². The predicted octanol–water partition coefficient (Wildman–Crippen LogP) is 3.45. The third-order valence-corrected chi connectivity index (χ3v) is 8.84. The summed E-state index contributed by atoms with van der Waals surface area (Å²) in [5.41, 5.74) is -1.90. The van der Waals surface area contributed by atoms with Gasteiger partial charge in [-0.1, -0.05) is 38.1 Å². The van der Waals surface area contributed by atoms with E-state index in [9.17, 15) is 31.9 Å². The number of nitrogens with zero attached hydrogens (tertiary/aromatic N) is 1. The van der Waals surface area contributed by atoms with Crippen molar-refractivity contribution >= 4 is 27.4 Å². The van der Waals surface area contributed by atoms with E-state index in [0.29, 0.717) is 11.3 Å². The Hall–Kier alpha value is -3.12. The number of aliphatic carboxylic acids is 1. The maximum atomic E-state index is 14.0. The lowest BCUT2D eigenvalue weighted by atomic mass is 9.70. The number of carbonyl (C=O) groups is 2. The van der Waals surface area contributed by atoms with Crippen LogP contribution in [-0.2, 0) is 24.8 Å². The van der Waals surface area contributed by atoms with Crippen LogP contribution in [0.1, 0.15) is 50.4 Å². The molecule has 37 heavy (non-hydrogen) atoms. The van der Waals surface area contributed by atoms with Gasteiger partial charge in [0, 0.05) is 12.2 Å². The number of rotatable bonds is 10. The maximum absolute atomic E-state index is 14.0. The van der Waals surface area contributed by atoms with Crippen molar-refractivity contribution in [3.05, 3.63) is 53.2 Å². The molecule has 2 aromatic rings. The number of hydrogen-bond donors (Lipinski definition) is 3. The number of aromatic nitrogens is 1. The number of benzene rings is 1. The number of anilines is 1. The lowest BCUT2D eigenvalue weighted by Crippen LogP contribution is -2.74. The van der Waals surface area contributed by atoms with Crippen molar-refractivity contribution in [1.82, 2.24) is 10.3 Å². The first kappa shape index (κ1) is 28.5. The Morgan fingerprint density at radius 3 is 2.43 bits per heavy atom. The first-order valence-corrected chi connectivity index (χ1v) is 13.3. The van der Waals surface area contributed by atoms with Crippen molar-refractivity contribution in [3.8, 4) is 5.88 Å². The number of halogens is 2. The third kappa shape index (κ3) is 5.59. The number of aryl methyl sites for hydroxylation is 1. The fraction of sp³-hybridized carbons (Fsp3) is 0.480. The molecule has 1 aliphatic heterocycles. The SMILES string of the molecule is Cc1ccc(NC(=O)C2(c3ccccc3C(C)C)CNC2S(=O)(=O)CC(C)(C)C(=O)O)c(OC(F)F)n1. The van der Waals surface area contributed by atoms with Gasteiger partial charge < -0.3 is 15.2 Å². The zero-order valence-corrected chi connectivity index (χ0v) is 22.0. The van der Waals surface area contributed by atoms with Crippen LogP contribution in [0, 0.1) is 12.3 Å². The van der Waals surface area contributed by atoms with Crippen LogP contribution in [0.3, 0.4) is 0 Å². The van der Waals surface area contributed by atoms with Gasteiger partial charge in [0.25, 0.3) is 0 Å². The molecule has 1 saturated heterocycles. The van der Waals surface area contributed by atoms with Gasteiger partial charge in [-0.15, -0.1) is 0 Å². The molecule has 9 nitrogen and oxygen atoms in total. The average molecular weight is 540 g/mol. The summed E-state index contributed by atoms with van der Waals surface area (Å²) in [6.45, 7) is 4.66. The molecule has 1 aromatic heterocycles. The highest BCUT2D eigenvalue weighted by Gasteiger charge is 2.61. The highest BCUT2D eigenvalue weighted by molar-refractivity contribution is 7.92. The Morgan fingerprint density at radius 1 is 1.24 bits per heavy atom. The normalized spacial score (nSPS) is 20.0. The molecule has 1 fully saturated rings. The van der Waals surface area contributed by atoms with Gasteiger partial charge in [-0.25, -0.2) is 13.4 Å². The smallest absolute Gasteiger partial charge is 0.388 e. The largest absolute Gasteiger partial charge is 0.481 e. The van der Waals surface area contributed by atoms with Crippen molar-refractivity contribution in [1.29, 1.82) is 0 Å². The second-order valence-electron chi connectivity index (χ2n) is 10.1. The average Bonchev–Trinajstić information content (AvgIpc) is 2.74. The van der Waals surface area contributed by atoms with Gasteiger partial charge >= 0.3 is 12.6 Å². The van der Waals surface area contributed by atoms with Crippen molar-refractivity contribution in [2.45, 2.75) is 57.9 Å². The molecule has 1 aromatic carbocycles. The van der Waals surface area contributed by atoms with Crippen LogP contribution in [-0.4, -0.2) is 54.7 Å². The number of ether oxygens (including phenoxy) is 1. The number of sulfone groups is 1. The Kier molecular flexibility index (Phi) is 7.94. The number of alkyl halides is 2. The second kappa shape index (κ2) is 10.3. The minimum Gasteiger partial charge on any atom is -0.481 e. The van der Waals surface area contributed by atoms with Crippen LogP contribution in [0.4, 0.5) is 14.5 Å². The van der Waals surface area contributed by atoms with E-state index in [4.69, 9.17) is 0 Å². The summed E-state index contributed by atoms with van der Waals surface area (Å²) in [5.74, 6) is -3.38. The van der Waals surface area contributed by atoms with Gasteiger partial charge in [0.1, 0.15) is 16.5 Å². The first-order chi connectivity index (χ1) is 17.1. The summed E-state index contributed by atoms with van der Waals surface area (Å²) in [7, 11) is -4.22. The quantitative estimate of drug-likeness (QED) is 0.418. The summed E-state index contributed by atoms with van der Waals surface area (Å²) in [6, 6.07) is 9.74. The molecule has 1 aliphatic rings. The Morgan fingerprint density at radius 2 is 1.89 bits per heavy atom. The summed E-state index contributed by atoms with van der Waals surface area (Å²) in [4.78, 5) is 29.6. The summed E-state index contributed by atoms with van der Waals surface area (Å²) >= 11 is 0. The number of carboxylic acid groups (broad SMARTS) is 1. The molecule has 0 bridgehead atoms. The zero-order chi connectivity index (χ0) is 27.8. The molecule has 0 aliphatic carbocycles. The topological polar surface area (TPSA) is 135 Å². The van der Waals surface area contributed by atoms with Gasteiger partial charge in [0.15, 0.2) is 9.84 Å². The van der Waals surface area contributed by atoms with Gasteiger partial charge in [-0.3, -0.25) is 14.9 Å². The highest BCUT2D eigenvalue weighted by Crippen LogP contribution is 2.43. The fourth-order valence-electron chi connectivity index (χ4n) is 4.47. The molecule has 2 unspecified atom stereocenters. The summed E-state index contributed by atoms with van der Waals surface area (Å²) < 4.78 is 57.7. The number of amides is 1. The molecular weight excluding hydrogens is 508 g/mol. The fourth-order valence-corrected chi connectivity index (χ4v) is 7.04. The highest BCUT2D eigenvalue weighted by atomic mass is 32.2. The molecule has 202 valence electrons. The first-order valence-electron chi connectivity index (χ1n) is 11.6. The lowest BCUT2D eigenvalue weighted by molar-refractivity contribution is -0.145. The van der Waals surface area contributed by atoms with E-state index in [1.165, 1.54) is 26.0 Å². The van der Waals surface area contributed by atoms with Crippen LogP contribution in [0.15, 0.2) is 36.4 Å². The molecule has 12 heteroatoms. The second-order valence-corrected chi connectivity index (χ2v) is 12.2. The van der Waals surface area contributed by atoms with E-state index in [1.807, 2.05) is 13.8 Å². The van der Waals surface area contributed by atoms with Gasteiger partial charge in [-0.05, 0) is 49.9 Å². The van der Waals surface area contributed by atoms with Crippen LogP contribution in [0.2, 0.25) is 0 Å². The number of pyridine rings is 1. The van der Waals surface area contributed by atoms with Crippen LogP contribution >= 0.6 is 0 Å².